The first-order valence-electron chi connectivity index (χ1n) is 5.95. The standard InChI is InChI=1S/C12H18BrN5/c1-4-5-15-11-10(13)12(17-8-16-11)18(3)7-9(2)6-14/h8-9H,4-5,7H2,1-3H3,(H,15,16,17). The van der Waals surface area contributed by atoms with Gasteiger partial charge >= 0.3 is 0 Å². The van der Waals surface area contributed by atoms with Crippen molar-refractivity contribution in [2.24, 2.45) is 5.92 Å². The molecule has 0 bridgehead atoms. The van der Waals surface area contributed by atoms with Crippen molar-refractivity contribution in [3.8, 4) is 6.07 Å². The van der Waals surface area contributed by atoms with Gasteiger partial charge in [-0.15, -0.1) is 0 Å². The Labute approximate surface area is 116 Å². The van der Waals surface area contributed by atoms with Gasteiger partial charge < -0.3 is 10.2 Å². The van der Waals surface area contributed by atoms with E-state index < -0.39 is 0 Å². The summed E-state index contributed by atoms with van der Waals surface area (Å²) in [5, 5.41) is 12.1. The van der Waals surface area contributed by atoms with Crippen LogP contribution >= 0.6 is 15.9 Å². The van der Waals surface area contributed by atoms with E-state index in [4.69, 9.17) is 5.26 Å². The van der Waals surface area contributed by atoms with E-state index in [1.165, 1.54) is 6.33 Å². The van der Waals surface area contributed by atoms with E-state index >= 15 is 0 Å². The smallest absolute Gasteiger partial charge is 0.148 e. The summed E-state index contributed by atoms with van der Waals surface area (Å²) in [6.45, 7) is 5.50. The van der Waals surface area contributed by atoms with Gasteiger partial charge in [0.05, 0.1) is 12.0 Å². The molecule has 0 aliphatic rings. The van der Waals surface area contributed by atoms with Crippen LogP contribution in [-0.4, -0.2) is 30.1 Å². The lowest BCUT2D eigenvalue weighted by molar-refractivity contribution is 0.708. The molecule has 5 nitrogen and oxygen atoms in total. The van der Waals surface area contributed by atoms with Crippen LogP contribution in [0.3, 0.4) is 0 Å². The Kier molecular flexibility index (Phi) is 5.86. The van der Waals surface area contributed by atoms with Gasteiger partial charge in [0.2, 0.25) is 0 Å². The molecule has 0 aliphatic heterocycles. The van der Waals surface area contributed by atoms with Crippen molar-refractivity contribution in [1.82, 2.24) is 9.97 Å². The number of nitriles is 1. The first-order valence-corrected chi connectivity index (χ1v) is 6.74. The zero-order valence-corrected chi connectivity index (χ0v) is 12.5. The highest BCUT2D eigenvalue weighted by Crippen LogP contribution is 2.29. The maximum absolute atomic E-state index is 8.84. The molecule has 1 heterocycles. The van der Waals surface area contributed by atoms with Gasteiger partial charge in [-0.2, -0.15) is 5.26 Å². The molecule has 0 saturated carbocycles. The van der Waals surface area contributed by atoms with Gasteiger partial charge in [0, 0.05) is 20.1 Å². The van der Waals surface area contributed by atoms with Crippen LogP contribution in [0.25, 0.3) is 0 Å². The van der Waals surface area contributed by atoms with Crippen LogP contribution in [-0.2, 0) is 0 Å². The Morgan fingerprint density at radius 2 is 2.28 bits per heavy atom. The van der Waals surface area contributed by atoms with Crippen molar-refractivity contribution < 1.29 is 0 Å². The fourth-order valence-corrected chi connectivity index (χ4v) is 2.18. The number of aromatic nitrogens is 2. The van der Waals surface area contributed by atoms with E-state index in [0.29, 0.717) is 6.54 Å². The highest BCUT2D eigenvalue weighted by Gasteiger charge is 2.14. The summed E-state index contributed by atoms with van der Waals surface area (Å²) in [5.74, 6) is 1.55. The maximum Gasteiger partial charge on any atom is 0.148 e. The van der Waals surface area contributed by atoms with E-state index in [2.05, 4.69) is 44.2 Å². The summed E-state index contributed by atoms with van der Waals surface area (Å²) in [7, 11) is 1.92. The predicted octanol–water partition coefficient (Wildman–Crippen LogP) is 2.66. The van der Waals surface area contributed by atoms with E-state index in [0.717, 1.165) is 29.1 Å². The van der Waals surface area contributed by atoms with Gasteiger partial charge in [-0.05, 0) is 29.3 Å². The second-order valence-electron chi connectivity index (χ2n) is 4.20. The largest absolute Gasteiger partial charge is 0.369 e. The molecular weight excluding hydrogens is 294 g/mol. The molecule has 0 amide bonds. The fourth-order valence-electron chi connectivity index (χ4n) is 1.53. The van der Waals surface area contributed by atoms with Gasteiger partial charge in [0.15, 0.2) is 0 Å². The normalized spacial score (nSPS) is 11.7. The highest BCUT2D eigenvalue weighted by molar-refractivity contribution is 9.10. The molecule has 1 atom stereocenters. The Hall–Kier alpha value is -1.35. The second kappa shape index (κ2) is 7.17. The fraction of sp³-hybridized carbons (Fsp3) is 0.583. The van der Waals surface area contributed by atoms with E-state index in [1.807, 2.05) is 18.9 Å². The highest BCUT2D eigenvalue weighted by atomic mass is 79.9. The molecule has 18 heavy (non-hydrogen) atoms. The Morgan fingerprint density at radius 3 is 2.89 bits per heavy atom. The molecule has 0 saturated heterocycles. The minimum atomic E-state index is -0.0380. The van der Waals surface area contributed by atoms with Gasteiger partial charge in [0.1, 0.15) is 22.4 Å². The quantitative estimate of drug-likeness (QED) is 0.875. The molecule has 1 N–H and O–H groups in total. The van der Waals surface area contributed by atoms with Crippen molar-refractivity contribution in [3.05, 3.63) is 10.8 Å². The maximum atomic E-state index is 8.84. The lowest BCUT2D eigenvalue weighted by Crippen LogP contribution is -2.25. The van der Waals surface area contributed by atoms with Gasteiger partial charge in [-0.1, -0.05) is 6.92 Å². The number of rotatable bonds is 6. The van der Waals surface area contributed by atoms with Crippen LogP contribution < -0.4 is 10.2 Å². The Bertz CT molecular complexity index is 429. The molecule has 1 unspecified atom stereocenters. The first-order chi connectivity index (χ1) is 8.60. The molecular formula is C12H18BrN5. The third kappa shape index (κ3) is 3.84. The minimum Gasteiger partial charge on any atom is -0.369 e. The van der Waals surface area contributed by atoms with Crippen LogP contribution in [0.2, 0.25) is 0 Å². The van der Waals surface area contributed by atoms with Gasteiger partial charge in [-0.3, -0.25) is 0 Å². The van der Waals surface area contributed by atoms with Crippen LogP contribution in [0.1, 0.15) is 20.3 Å². The molecule has 0 spiro atoms. The van der Waals surface area contributed by atoms with Crippen molar-refractivity contribution in [2.45, 2.75) is 20.3 Å². The topological polar surface area (TPSA) is 64.8 Å². The Morgan fingerprint density at radius 1 is 1.56 bits per heavy atom. The summed E-state index contributed by atoms with van der Waals surface area (Å²) >= 11 is 3.51. The molecule has 0 aromatic carbocycles. The summed E-state index contributed by atoms with van der Waals surface area (Å²) in [4.78, 5) is 10.4. The third-order valence-electron chi connectivity index (χ3n) is 2.44. The number of hydrogen-bond acceptors (Lipinski definition) is 5. The van der Waals surface area contributed by atoms with Gasteiger partial charge in [0.25, 0.3) is 0 Å². The van der Waals surface area contributed by atoms with Gasteiger partial charge in [-0.25, -0.2) is 9.97 Å². The summed E-state index contributed by atoms with van der Waals surface area (Å²) in [5.41, 5.74) is 0. The van der Waals surface area contributed by atoms with Crippen molar-refractivity contribution >= 4 is 27.6 Å². The summed E-state index contributed by atoms with van der Waals surface area (Å²) < 4.78 is 0.839. The molecule has 0 fully saturated rings. The van der Waals surface area contributed by atoms with Crippen molar-refractivity contribution in [3.63, 3.8) is 0 Å². The average Bonchev–Trinajstić information content (AvgIpc) is 2.37. The molecule has 1 rings (SSSR count). The molecule has 1 aromatic rings. The zero-order valence-electron chi connectivity index (χ0n) is 10.9. The predicted molar refractivity (Wildman–Crippen MR) is 76.6 cm³/mol. The van der Waals surface area contributed by atoms with E-state index in [9.17, 15) is 0 Å². The number of nitrogens with zero attached hydrogens (tertiary/aromatic N) is 4. The first kappa shape index (κ1) is 14.7. The molecule has 0 radical (unpaired) electrons. The molecule has 0 aliphatic carbocycles. The van der Waals surface area contributed by atoms with Crippen LogP contribution in [0.4, 0.5) is 11.6 Å². The average molecular weight is 312 g/mol. The summed E-state index contributed by atoms with van der Waals surface area (Å²) in [6, 6.07) is 2.22. The van der Waals surface area contributed by atoms with Crippen LogP contribution in [0.15, 0.2) is 10.8 Å². The lowest BCUT2D eigenvalue weighted by Gasteiger charge is -2.21. The van der Waals surface area contributed by atoms with E-state index in [-0.39, 0.29) is 5.92 Å². The number of halogens is 1. The van der Waals surface area contributed by atoms with E-state index in [1.54, 1.807) is 0 Å². The molecule has 6 heteroatoms. The van der Waals surface area contributed by atoms with Crippen LogP contribution in [0.5, 0.6) is 0 Å². The SMILES string of the molecule is CCCNc1ncnc(N(C)CC(C)C#N)c1Br. The molecule has 98 valence electrons. The monoisotopic (exact) mass is 311 g/mol. The lowest BCUT2D eigenvalue weighted by atomic mass is 10.2. The second-order valence-corrected chi connectivity index (χ2v) is 4.99. The Balaban J connectivity index is 2.86. The van der Waals surface area contributed by atoms with Crippen molar-refractivity contribution in [2.75, 3.05) is 30.4 Å². The molecule has 1 aromatic heterocycles. The number of anilines is 2. The van der Waals surface area contributed by atoms with Crippen molar-refractivity contribution in [1.29, 1.82) is 5.26 Å². The van der Waals surface area contributed by atoms with Crippen LogP contribution in [0, 0.1) is 17.2 Å². The zero-order chi connectivity index (χ0) is 13.5. The minimum absolute atomic E-state index is 0.0380. The third-order valence-corrected chi connectivity index (χ3v) is 3.17. The number of nitrogens with one attached hydrogen (secondary N) is 1. The number of hydrogen-bond donors (Lipinski definition) is 1. The summed E-state index contributed by atoms with van der Waals surface area (Å²) in [6.07, 6.45) is 2.57.